The molecule has 1 aromatic rings. The third-order valence-electron chi connectivity index (χ3n) is 1.92. The minimum Gasteiger partial charge on any atom is -0.465 e. The minimum absolute atomic E-state index is 0.184. The molecule has 0 aliphatic heterocycles. The van der Waals surface area contributed by atoms with Gasteiger partial charge in [0, 0.05) is 0 Å². The Bertz CT molecular complexity index is 341. The van der Waals surface area contributed by atoms with Crippen molar-refractivity contribution in [2.75, 3.05) is 6.61 Å². The van der Waals surface area contributed by atoms with Gasteiger partial charge < -0.3 is 4.74 Å². The first-order chi connectivity index (χ1) is 7.67. The number of ether oxygens (including phenoxy) is 1. The summed E-state index contributed by atoms with van der Waals surface area (Å²) >= 11 is 1.35. The first kappa shape index (κ1) is 13.0. The van der Waals surface area contributed by atoms with Crippen LogP contribution in [0.25, 0.3) is 0 Å². The first-order valence-electron chi connectivity index (χ1n) is 5.39. The molecule has 1 atom stereocenters. The highest BCUT2D eigenvalue weighted by Gasteiger charge is 2.21. The summed E-state index contributed by atoms with van der Waals surface area (Å²) in [5, 5.41) is 7.15. The van der Waals surface area contributed by atoms with E-state index >= 15 is 0 Å². The van der Waals surface area contributed by atoms with E-state index in [-0.39, 0.29) is 11.2 Å². The molecule has 0 spiro atoms. The molecular formula is C10H17N3O2S. The largest absolute Gasteiger partial charge is 0.465 e. The number of hydrogen-bond donors (Lipinski definition) is 1. The molecule has 0 saturated heterocycles. The summed E-state index contributed by atoms with van der Waals surface area (Å²) in [5.74, 6) is 0.568. The van der Waals surface area contributed by atoms with Gasteiger partial charge in [0.15, 0.2) is 0 Å². The predicted octanol–water partition coefficient (Wildman–Crippen LogP) is 1.94. The molecule has 6 heteroatoms. The number of thioether (sulfide) groups is 1. The summed E-state index contributed by atoms with van der Waals surface area (Å²) in [7, 11) is 0. The van der Waals surface area contributed by atoms with Gasteiger partial charge in [-0.15, -0.1) is 5.10 Å². The van der Waals surface area contributed by atoms with Crippen molar-refractivity contribution < 1.29 is 9.53 Å². The fourth-order valence-corrected chi connectivity index (χ4v) is 2.28. The Labute approximate surface area is 99.4 Å². The van der Waals surface area contributed by atoms with Crippen LogP contribution < -0.4 is 0 Å². The number of nitrogens with one attached hydrogen (secondary N) is 1. The molecule has 0 bridgehead atoms. The van der Waals surface area contributed by atoms with Crippen molar-refractivity contribution in [3.8, 4) is 0 Å². The summed E-state index contributed by atoms with van der Waals surface area (Å²) in [6, 6.07) is 0. The topological polar surface area (TPSA) is 67.9 Å². The van der Waals surface area contributed by atoms with E-state index in [1.807, 2.05) is 20.8 Å². The lowest BCUT2D eigenvalue weighted by Gasteiger charge is -2.11. The van der Waals surface area contributed by atoms with Crippen molar-refractivity contribution in [1.29, 1.82) is 0 Å². The van der Waals surface area contributed by atoms with E-state index < -0.39 is 0 Å². The fraction of sp³-hybridized carbons (Fsp3) is 0.700. The van der Waals surface area contributed by atoms with E-state index in [1.54, 1.807) is 0 Å². The van der Waals surface area contributed by atoms with Crippen molar-refractivity contribution in [1.82, 2.24) is 15.2 Å². The Kier molecular flexibility index (Phi) is 5.31. The molecule has 16 heavy (non-hydrogen) atoms. The van der Waals surface area contributed by atoms with Crippen molar-refractivity contribution in [2.45, 2.75) is 44.0 Å². The third-order valence-corrected chi connectivity index (χ3v) is 3.03. The molecule has 0 saturated carbocycles. The standard InChI is InChI=1S/C10H17N3O2S/c1-4-6-8(9(14)15-5-2)16-10-11-7(3)12-13-10/h8H,4-6H2,1-3H3,(H,11,12,13). The van der Waals surface area contributed by atoms with Gasteiger partial charge >= 0.3 is 5.97 Å². The summed E-state index contributed by atoms with van der Waals surface area (Å²) in [4.78, 5) is 15.8. The number of aryl methyl sites for hydroxylation is 1. The van der Waals surface area contributed by atoms with E-state index in [2.05, 4.69) is 15.2 Å². The molecule has 0 fully saturated rings. The Hall–Kier alpha value is -1.04. The second kappa shape index (κ2) is 6.52. The maximum absolute atomic E-state index is 11.6. The lowest BCUT2D eigenvalue weighted by Crippen LogP contribution is -2.20. The van der Waals surface area contributed by atoms with Crippen LogP contribution in [-0.2, 0) is 9.53 Å². The van der Waals surface area contributed by atoms with Crippen molar-refractivity contribution in [2.24, 2.45) is 0 Å². The van der Waals surface area contributed by atoms with Gasteiger partial charge in [0.25, 0.3) is 0 Å². The Balaban J connectivity index is 2.60. The van der Waals surface area contributed by atoms with Crippen LogP contribution in [-0.4, -0.2) is 33.0 Å². The van der Waals surface area contributed by atoms with Gasteiger partial charge in [0.05, 0.1) is 6.61 Å². The number of hydrogen-bond acceptors (Lipinski definition) is 5. The first-order valence-corrected chi connectivity index (χ1v) is 6.27. The maximum Gasteiger partial charge on any atom is 0.319 e. The minimum atomic E-state index is -0.208. The van der Waals surface area contributed by atoms with Gasteiger partial charge in [-0.3, -0.25) is 9.89 Å². The number of aromatic nitrogens is 3. The summed E-state index contributed by atoms with van der Waals surface area (Å²) < 4.78 is 5.01. The number of esters is 1. The summed E-state index contributed by atoms with van der Waals surface area (Å²) in [5.41, 5.74) is 0. The van der Waals surface area contributed by atoms with Gasteiger partial charge in [0.1, 0.15) is 11.1 Å². The van der Waals surface area contributed by atoms with E-state index in [1.165, 1.54) is 11.8 Å². The van der Waals surface area contributed by atoms with Crippen LogP contribution >= 0.6 is 11.8 Å². The second-order valence-corrected chi connectivity index (χ2v) is 4.52. The van der Waals surface area contributed by atoms with Crippen molar-refractivity contribution in [3.63, 3.8) is 0 Å². The van der Waals surface area contributed by atoms with Crippen molar-refractivity contribution in [3.05, 3.63) is 5.82 Å². The Morgan fingerprint density at radius 2 is 2.31 bits per heavy atom. The van der Waals surface area contributed by atoms with Gasteiger partial charge in [-0.25, -0.2) is 4.98 Å². The lowest BCUT2D eigenvalue weighted by molar-refractivity contribution is -0.142. The molecule has 0 aliphatic carbocycles. The van der Waals surface area contributed by atoms with E-state index in [4.69, 9.17) is 4.74 Å². The highest BCUT2D eigenvalue weighted by atomic mass is 32.2. The van der Waals surface area contributed by atoms with Gasteiger partial charge in [-0.05, 0) is 20.3 Å². The van der Waals surface area contributed by atoms with Crippen LogP contribution in [0.1, 0.15) is 32.5 Å². The highest BCUT2D eigenvalue weighted by molar-refractivity contribution is 8.00. The van der Waals surface area contributed by atoms with E-state index in [9.17, 15) is 4.79 Å². The van der Waals surface area contributed by atoms with Crippen LogP contribution in [0.15, 0.2) is 5.16 Å². The molecule has 1 N–H and O–H groups in total. The zero-order valence-electron chi connectivity index (χ0n) is 9.82. The number of aromatic amines is 1. The molecule has 0 radical (unpaired) electrons. The van der Waals surface area contributed by atoms with Gasteiger partial charge in [0.2, 0.25) is 5.16 Å². The smallest absolute Gasteiger partial charge is 0.319 e. The molecule has 5 nitrogen and oxygen atoms in total. The molecule has 1 unspecified atom stereocenters. The quantitative estimate of drug-likeness (QED) is 0.611. The third kappa shape index (κ3) is 3.84. The molecular weight excluding hydrogens is 226 g/mol. The van der Waals surface area contributed by atoms with Crippen LogP contribution in [0, 0.1) is 6.92 Å². The average molecular weight is 243 g/mol. The number of H-pyrrole nitrogens is 1. The molecule has 90 valence electrons. The zero-order valence-corrected chi connectivity index (χ0v) is 10.6. The van der Waals surface area contributed by atoms with E-state index in [0.717, 1.165) is 18.7 Å². The number of rotatable bonds is 6. The molecule has 1 rings (SSSR count). The molecule has 1 aromatic heterocycles. The number of nitrogens with zero attached hydrogens (tertiary/aromatic N) is 2. The van der Waals surface area contributed by atoms with Crippen LogP contribution in [0.5, 0.6) is 0 Å². The van der Waals surface area contributed by atoms with Crippen LogP contribution in [0.4, 0.5) is 0 Å². The number of carbonyl (C=O) groups excluding carboxylic acids is 1. The molecule has 0 amide bonds. The molecule has 1 heterocycles. The monoisotopic (exact) mass is 243 g/mol. The number of carbonyl (C=O) groups is 1. The Morgan fingerprint density at radius 3 is 2.81 bits per heavy atom. The predicted molar refractivity (Wildman–Crippen MR) is 62.3 cm³/mol. The fourth-order valence-electron chi connectivity index (χ4n) is 1.22. The van der Waals surface area contributed by atoms with Gasteiger partial charge in [-0.1, -0.05) is 25.1 Å². The average Bonchev–Trinajstić information content (AvgIpc) is 2.64. The van der Waals surface area contributed by atoms with Crippen LogP contribution in [0.3, 0.4) is 0 Å². The van der Waals surface area contributed by atoms with Crippen LogP contribution in [0.2, 0.25) is 0 Å². The van der Waals surface area contributed by atoms with Gasteiger partial charge in [-0.2, -0.15) is 0 Å². The zero-order chi connectivity index (χ0) is 12.0. The van der Waals surface area contributed by atoms with Crippen molar-refractivity contribution >= 4 is 17.7 Å². The molecule has 0 aromatic carbocycles. The normalized spacial score (nSPS) is 12.4. The molecule has 0 aliphatic rings. The highest BCUT2D eigenvalue weighted by Crippen LogP contribution is 2.24. The summed E-state index contributed by atoms with van der Waals surface area (Å²) in [6.07, 6.45) is 1.71. The lowest BCUT2D eigenvalue weighted by atomic mass is 10.2. The SMILES string of the molecule is CCCC(Sc1n[nH]c(C)n1)C(=O)OCC. The second-order valence-electron chi connectivity index (χ2n) is 3.35. The van der Waals surface area contributed by atoms with E-state index in [0.29, 0.717) is 11.8 Å². The maximum atomic E-state index is 11.6. The summed E-state index contributed by atoms with van der Waals surface area (Å²) in [6.45, 7) is 6.08. The Morgan fingerprint density at radius 1 is 1.56 bits per heavy atom.